The molecule has 2 aromatic carbocycles. The van der Waals surface area contributed by atoms with Gasteiger partial charge >= 0.3 is 0 Å². The van der Waals surface area contributed by atoms with E-state index in [0.29, 0.717) is 18.8 Å². The lowest BCUT2D eigenvalue weighted by Gasteiger charge is -2.17. The summed E-state index contributed by atoms with van der Waals surface area (Å²) in [4.78, 5) is 13.6. The number of carbonyl (C=O) groups excluding carboxylic acids is 1. The second kappa shape index (κ2) is 10.4. The minimum atomic E-state index is 0.0433. The Labute approximate surface area is 220 Å². The van der Waals surface area contributed by atoms with Crippen molar-refractivity contribution in [2.24, 2.45) is 7.05 Å². The lowest BCUT2D eigenvalue weighted by Crippen LogP contribution is -2.19. The van der Waals surface area contributed by atoms with Crippen LogP contribution in [0.25, 0.3) is 21.1 Å². The third-order valence-electron chi connectivity index (χ3n) is 7.18. The molecular weight excluding hydrogens is 482 g/mol. The van der Waals surface area contributed by atoms with Gasteiger partial charge in [0.05, 0.1) is 28.6 Å². The largest absolute Gasteiger partial charge is 0.492 e. The monoisotopic (exact) mass is 513 g/mol. The van der Waals surface area contributed by atoms with Gasteiger partial charge in [0.1, 0.15) is 18.1 Å². The number of aryl methyl sites for hydroxylation is 1. The Hall–Kier alpha value is -3.55. The fraction of sp³-hybridized carbons (Fsp3) is 0.300. The first-order valence-electron chi connectivity index (χ1n) is 12.9. The van der Waals surface area contributed by atoms with Gasteiger partial charge in [-0.25, -0.2) is 0 Å². The Morgan fingerprint density at radius 1 is 1.03 bits per heavy atom. The van der Waals surface area contributed by atoms with E-state index in [4.69, 9.17) is 9.47 Å². The Balaban J connectivity index is 1.14. The zero-order chi connectivity index (χ0) is 25.2. The minimum Gasteiger partial charge on any atom is -0.492 e. The average Bonchev–Trinajstić information content (AvgIpc) is 3.55. The van der Waals surface area contributed by atoms with Gasteiger partial charge in [0.15, 0.2) is 0 Å². The quantitative estimate of drug-likeness (QED) is 0.258. The maximum absolute atomic E-state index is 13.6. The number of ketones is 1. The maximum Gasteiger partial charge on any atom is 0.211 e. The molecule has 37 heavy (non-hydrogen) atoms. The summed E-state index contributed by atoms with van der Waals surface area (Å²) in [6.45, 7) is 3.23. The first-order chi connectivity index (χ1) is 18.2. The molecule has 1 fully saturated rings. The van der Waals surface area contributed by atoms with E-state index in [1.165, 1.54) is 0 Å². The van der Waals surface area contributed by atoms with Crippen molar-refractivity contribution in [1.82, 2.24) is 14.5 Å². The van der Waals surface area contributed by atoms with Crippen molar-refractivity contribution in [2.45, 2.75) is 31.9 Å². The van der Waals surface area contributed by atoms with Gasteiger partial charge in [0, 0.05) is 29.7 Å². The van der Waals surface area contributed by atoms with Crippen LogP contribution >= 0.6 is 11.3 Å². The zero-order valence-corrected chi connectivity index (χ0v) is 21.8. The van der Waals surface area contributed by atoms with Crippen molar-refractivity contribution in [3.05, 3.63) is 83.5 Å². The number of hydrogen-bond acceptors (Lipinski definition) is 5. The van der Waals surface area contributed by atoms with Crippen molar-refractivity contribution >= 4 is 38.2 Å². The molecule has 0 spiro atoms. The third-order valence-corrected chi connectivity index (χ3v) is 8.03. The number of carbonyl (C=O) groups is 1. The van der Waals surface area contributed by atoms with Crippen LogP contribution < -0.4 is 14.8 Å². The van der Waals surface area contributed by atoms with E-state index in [1.54, 1.807) is 11.3 Å². The number of para-hydroxylation sites is 1. The fourth-order valence-corrected chi connectivity index (χ4v) is 6.04. The summed E-state index contributed by atoms with van der Waals surface area (Å²) in [5, 5.41) is 6.44. The molecule has 0 saturated carbocycles. The van der Waals surface area contributed by atoms with Crippen LogP contribution in [0.15, 0.2) is 72.2 Å². The highest BCUT2D eigenvalue weighted by Gasteiger charge is 2.21. The van der Waals surface area contributed by atoms with Crippen molar-refractivity contribution in [3.63, 3.8) is 0 Å². The molecule has 0 radical (unpaired) electrons. The highest BCUT2D eigenvalue weighted by molar-refractivity contribution is 7.17. The number of fused-ring (bicyclic) bond motifs is 2. The number of nitrogens with zero attached hydrogens (tertiary/aromatic N) is 2. The van der Waals surface area contributed by atoms with Crippen LogP contribution in [0.3, 0.4) is 0 Å². The summed E-state index contributed by atoms with van der Waals surface area (Å²) in [5.74, 6) is 1.74. The molecule has 1 aliphatic rings. The summed E-state index contributed by atoms with van der Waals surface area (Å²) in [5.41, 5.74) is 3.56. The summed E-state index contributed by atoms with van der Waals surface area (Å²) in [7, 11) is 1.96. The number of hydrogen-bond donors (Lipinski definition) is 1. The van der Waals surface area contributed by atoms with Crippen LogP contribution in [0, 0.1) is 0 Å². The van der Waals surface area contributed by atoms with Crippen LogP contribution in [0.2, 0.25) is 0 Å². The van der Waals surface area contributed by atoms with Gasteiger partial charge in [-0.1, -0.05) is 18.2 Å². The molecule has 1 atom stereocenters. The molecule has 0 unspecified atom stereocenters. The Morgan fingerprint density at radius 3 is 2.73 bits per heavy atom. The van der Waals surface area contributed by atoms with E-state index in [0.717, 1.165) is 70.5 Å². The molecule has 5 aromatic rings. The van der Waals surface area contributed by atoms with Crippen LogP contribution in [-0.4, -0.2) is 40.7 Å². The van der Waals surface area contributed by atoms with Crippen LogP contribution in [0.4, 0.5) is 0 Å². The van der Waals surface area contributed by atoms with E-state index in [-0.39, 0.29) is 11.9 Å². The number of ether oxygens (including phenoxy) is 2. The van der Waals surface area contributed by atoms with E-state index in [2.05, 4.69) is 27.4 Å². The average molecular weight is 514 g/mol. The van der Waals surface area contributed by atoms with Gasteiger partial charge in [-0.3, -0.25) is 4.79 Å². The number of thiophene rings is 1. The van der Waals surface area contributed by atoms with Gasteiger partial charge in [-0.2, -0.15) is 0 Å². The molecule has 3 aromatic heterocycles. The number of nitrogens with one attached hydrogen (secondary N) is 1. The van der Waals surface area contributed by atoms with Gasteiger partial charge in [-0.05, 0) is 80.2 Å². The van der Waals surface area contributed by atoms with E-state index < -0.39 is 0 Å². The topological polar surface area (TPSA) is 57.4 Å². The molecule has 6 nitrogen and oxygen atoms in total. The molecule has 0 bridgehead atoms. The molecule has 6 rings (SSSR count). The molecular formula is C30H31N3O3S. The summed E-state index contributed by atoms with van der Waals surface area (Å²) in [6.07, 6.45) is 5.51. The van der Waals surface area contributed by atoms with Crippen molar-refractivity contribution in [3.8, 4) is 11.5 Å². The Bertz CT molecular complexity index is 1520. The number of benzene rings is 2. The molecule has 7 heteroatoms. The normalized spacial score (nSPS) is 16.2. The van der Waals surface area contributed by atoms with Gasteiger partial charge in [0.25, 0.3) is 0 Å². The lowest BCUT2D eigenvalue weighted by molar-refractivity contribution is 0.103. The third kappa shape index (κ3) is 4.89. The standard InChI is InChI=1S/C30H31N3O3S/c1-32-27-13-18-37-29(27)19-28(32)30(34)25-20-33(26-7-3-2-6-24(25)26)16-17-35-21-8-10-23(11-9-21)36-22-5-4-14-31-15-12-22/h2-3,6-11,13,18-20,22,31H,4-5,12,14-17H2,1H3/t22-/m0/s1. The molecule has 0 aliphatic carbocycles. The molecule has 0 amide bonds. The second-order valence-electron chi connectivity index (χ2n) is 9.58. The highest BCUT2D eigenvalue weighted by Crippen LogP contribution is 2.29. The van der Waals surface area contributed by atoms with Gasteiger partial charge in [-0.15, -0.1) is 11.3 Å². The molecule has 1 saturated heterocycles. The van der Waals surface area contributed by atoms with E-state index in [9.17, 15) is 4.79 Å². The Morgan fingerprint density at radius 2 is 1.86 bits per heavy atom. The van der Waals surface area contributed by atoms with Crippen molar-refractivity contribution in [1.29, 1.82) is 0 Å². The van der Waals surface area contributed by atoms with Gasteiger partial charge in [0.2, 0.25) is 5.78 Å². The van der Waals surface area contributed by atoms with Crippen LogP contribution in [0.1, 0.15) is 35.3 Å². The number of rotatable bonds is 8. The summed E-state index contributed by atoms with van der Waals surface area (Å²) < 4.78 is 17.5. The maximum atomic E-state index is 13.6. The number of aromatic nitrogens is 2. The fourth-order valence-electron chi connectivity index (χ4n) is 5.19. The summed E-state index contributed by atoms with van der Waals surface area (Å²) in [6, 6.07) is 20.0. The first-order valence-corrected chi connectivity index (χ1v) is 13.8. The lowest BCUT2D eigenvalue weighted by atomic mass is 10.1. The zero-order valence-electron chi connectivity index (χ0n) is 21.0. The molecule has 190 valence electrons. The van der Waals surface area contributed by atoms with Gasteiger partial charge < -0.3 is 23.9 Å². The molecule has 4 heterocycles. The SMILES string of the molecule is Cn1c(C(=O)c2cn(CCOc3ccc(O[C@H]4CCCNCC4)cc3)c3ccccc23)cc2sccc21. The second-order valence-corrected chi connectivity index (χ2v) is 10.5. The summed E-state index contributed by atoms with van der Waals surface area (Å²) >= 11 is 1.66. The van der Waals surface area contributed by atoms with Crippen molar-refractivity contribution < 1.29 is 14.3 Å². The van der Waals surface area contributed by atoms with Crippen LogP contribution in [-0.2, 0) is 13.6 Å². The van der Waals surface area contributed by atoms with E-state index in [1.807, 2.05) is 66.3 Å². The predicted octanol–water partition coefficient (Wildman–Crippen LogP) is 6.03. The van der Waals surface area contributed by atoms with E-state index >= 15 is 0 Å². The molecule has 1 N–H and O–H groups in total. The van der Waals surface area contributed by atoms with Crippen LogP contribution in [0.5, 0.6) is 11.5 Å². The van der Waals surface area contributed by atoms with Crippen molar-refractivity contribution in [2.75, 3.05) is 19.7 Å². The molecule has 1 aliphatic heterocycles. The Kier molecular flexibility index (Phi) is 6.72. The highest BCUT2D eigenvalue weighted by atomic mass is 32.1. The smallest absolute Gasteiger partial charge is 0.211 e. The predicted molar refractivity (Wildman–Crippen MR) is 149 cm³/mol. The minimum absolute atomic E-state index is 0.0433. The first kappa shape index (κ1) is 23.8.